The Kier molecular flexibility index (Phi) is 8.02. The highest BCUT2D eigenvalue weighted by molar-refractivity contribution is 5.89. The largest absolute Gasteiger partial charge is 0.488 e. The van der Waals surface area contributed by atoms with E-state index in [9.17, 15) is 9.59 Å². The van der Waals surface area contributed by atoms with Crippen LogP contribution in [0.5, 0.6) is 5.75 Å². The summed E-state index contributed by atoms with van der Waals surface area (Å²) >= 11 is 0. The minimum atomic E-state index is -0.648. The number of para-hydroxylation sites is 1. The van der Waals surface area contributed by atoms with Crippen LogP contribution < -0.4 is 4.74 Å². The van der Waals surface area contributed by atoms with Gasteiger partial charge in [0.25, 0.3) is 0 Å². The predicted molar refractivity (Wildman–Crippen MR) is 160 cm³/mol. The van der Waals surface area contributed by atoms with E-state index in [1.165, 1.54) is 7.11 Å². The molecule has 6 nitrogen and oxygen atoms in total. The van der Waals surface area contributed by atoms with Crippen LogP contribution in [0, 0.1) is 0 Å². The lowest BCUT2D eigenvalue weighted by atomic mass is 9.83. The minimum absolute atomic E-state index is 0.0251. The SMILES string of the molecule is COC(=O)c1cccc(C2CC(CN(C(=O)OC(C)(C)C)C(C)c3cccc4ccccc34)Oc3ccccc32)c1. The Hall–Kier alpha value is -4.32. The van der Waals surface area contributed by atoms with Crippen LogP contribution >= 0.6 is 0 Å². The molecule has 212 valence electrons. The smallest absolute Gasteiger partial charge is 0.410 e. The van der Waals surface area contributed by atoms with E-state index >= 15 is 0 Å². The zero-order valence-corrected chi connectivity index (χ0v) is 24.3. The number of fused-ring (bicyclic) bond motifs is 2. The van der Waals surface area contributed by atoms with Gasteiger partial charge in [-0.25, -0.2) is 9.59 Å². The molecule has 41 heavy (non-hydrogen) atoms. The molecule has 4 aromatic rings. The summed E-state index contributed by atoms with van der Waals surface area (Å²) in [6.07, 6.45) is -0.0605. The zero-order chi connectivity index (χ0) is 29.1. The summed E-state index contributed by atoms with van der Waals surface area (Å²) in [5.74, 6) is 0.380. The third-order valence-electron chi connectivity index (χ3n) is 7.57. The van der Waals surface area contributed by atoms with Gasteiger partial charge in [-0.15, -0.1) is 0 Å². The number of hydrogen-bond donors (Lipinski definition) is 0. The molecule has 0 fully saturated rings. The number of rotatable bonds is 6. The first-order valence-corrected chi connectivity index (χ1v) is 14.1. The molecule has 4 aromatic carbocycles. The minimum Gasteiger partial charge on any atom is -0.488 e. The van der Waals surface area contributed by atoms with Gasteiger partial charge >= 0.3 is 12.1 Å². The quantitative estimate of drug-likeness (QED) is 0.228. The number of hydrogen-bond acceptors (Lipinski definition) is 5. The average molecular weight is 552 g/mol. The Bertz CT molecular complexity index is 1550. The highest BCUT2D eigenvalue weighted by atomic mass is 16.6. The van der Waals surface area contributed by atoms with Crippen molar-refractivity contribution >= 4 is 22.8 Å². The Balaban J connectivity index is 1.50. The molecule has 0 aromatic heterocycles. The van der Waals surface area contributed by atoms with E-state index in [1.54, 1.807) is 11.0 Å². The van der Waals surface area contributed by atoms with E-state index < -0.39 is 5.60 Å². The van der Waals surface area contributed by atoms with E-state index in [0.29, 0.717) is 18.5 Å². The molecule has 5 rings (SSSR count). The first kappa shape index (κ1) is 28.2. The monoisotopic (exact) mass is 551 g/mol. The van der Waals surface area contributed by atoms with Crippen molar-refractivity contribution in [1.82, 2.24) is 4.90 Å². The van der Waals surface area contributed by atoms with Crippen LogP contribution in [-0.2, 0) is 9.47 Å². The van der Waals surface area contributed by atoms with Crippen LogP contribution in [0.25, 0.3) is 10.8 Å². The molecule has 1 amide bonds. The van der Waals surface area contributed by atoms with E-state index in [0.717, 1.165) is 33.2 Å². The molecule has 0 aliphatic carbocycles. The second-order valence-corrected chi connectivity index (χ2v) is 11.6. The topological polar surface area (TPSA) is 65.1 Å². The summed E-state index contributed by atoms with van der Waals surface area (Å²) in [6.45, 7) is 8.01. The van der Waals surface area contributed by atoms with Crippen LogP contribution in [0.3, 0.4) is 0 Å². The van der Waals surface area contributed by atoms with Gasteiger partial charge in [0.2, 0.25) is 0 Å². The number of carbonyl (C=O) groups excluding carboxylic acids is 2. The lowest BCUT2D eigenvalue weighted by Gasteiger charge is -2.38. The maximum absolute atomic E-state index is 13.7. The zero-order valence-electron chi connectivity index (χ0n) is 24.3. The van der Waals surface area contributed by atoms with Crippen LogP contribution in [-0.4, -0.2) is 42.3 Å². The molecule has 3 unspecified atom stereocenters. The van der Waals surface area contributed by atoms with Crippen molar-refractivity contribution in [3.63, 3.8) is 0 Å². The number of ether oxygens (including phenoxy) is 3. The molecular formula is C35H37NO5. The Morgan fingerprint density at radius 1 is 0.951 bits per heavy atom. The molecule has 3 atom stereocenters. The van der Waals surface area contributed by atoms with Crippen molar-refractivity contribution in [2.75, 3.05) is 13.7 Å². The second kappa shape index (κ2) is 11.7. The Labute approximate surface area is 241 Å². The van der Waals surface area contributed by atoms with E-state index in [1.807, 2.05) is 82.3 Å². The van der Waals surface area contributed by atoms with Crippen LogP contribution in [0.4, 0.5) is 4.79 Å². The van der Waals surface area contributed by atoms with Gasteiger partial charge < -0.3 is 14.2 Å². The molecule has 1 heterocycles. The van der Waals surface area contributed by atoms with Gasteiger partial charge in [-0.2, -0.15) is 0 Å². The third kappa shape index (κ3) is 6.22. The van der Waals surface area contributed by atoms with Crippen molar-refractivity contribution in [2.45, 2.75) is 57.8 Å². The molecular weight excluding hydrogens is 514 g/mol. The first-order chi connectivity index (χ1) is 19.6. The molecule has 0 spiro atoms. The fraction of sp³-hybridized carbons (Fsp3) is 0.314. The molecule has 0 saturated carbocycles. The Morgan fingerprint density at radius 3 is 2.44 bits per heavy atom. The standard InChI is InChI=1S/C35H37NO5/c1-23(28-18-11-13-24-12-6-7-16-29(24)28)36(34(38)41-35(2,3)4)22-27-21-31(30-17-8-9-19-32(30)40-27)25-14-10-15-26(20-25)33(37)39-5/h6-20,23,27,31H,21-22H2,1-5H3. The number of nitrogens with zero attached hydrogens (tertiary/aromatic N) is 1. The second-order valence-electron chi connectivity index (χ2n) is 11.6. The summed E-state index contributed by atoms with van der Waals surface area (Å²) in [4.78, 5) is 27.8. The highest BCUT2D eigenvalue weighted by Gasteiger charge is 2.35. The first-order valence-electron chi connectivity index (χ1n) is 14.1. The van der Waals surface area contributed by atoms with Crippen molar-refractivity contribution in [3.05, 3.63) is 113 Å². The van der Waals surface area contributed by atoms with Gasteiger partial charge in [0.15, 0.2) is 0 Å². The highest BCUT2D eigenvalue weighted by Crippen LogP contribution is 2.41. The summed E-state index contributed by atoms with van der Waals surface area (Å²) in [6, 6.07) is 29.6. The molecule has 0 saturated heterocycles. The summed E-state index contributed by atoms with van der Waals surface area (Å²) in [7, 11) is 1.39. The molecule has 0 radical (unpaired) electrons. The number of methoxy groups -OCH3 is 1. The summed E-state index contributed by atoms with van der Waals surface area (Å²) in [5, 5.41) is 2.22. The molecule has 1 aliphatic heterocycles. The van der Waals surface area contributed by atoms with E-state index in [4.69, 9.17) is 14.2 Å². The molecule has 0 N–H and O–H groups in total. The maximum atomic E-state index is 13.7. The average Bonchev–Trinajstić information content (AvgIpc) is 2.97. The van der Waals surface area contributed by atoms with Gasteiger partial charge in [0.1, 0.15) is 17.5 Å². The van der Waals surface area contributed by atoms with Crippen LogP contribution in [0.1, 0.15) is 73.1 Å². The number of amides is 1. The van der Waals surface area contributed by atoms with Crippen LogP contribution in [0.15, 0.2) is 91.0 Å². The number of esters is 1. The number of benzene rings is 4. The third-order valence-corrected chi connectivity index (χ3v) is 7.57. The van der Waals surface area contributed by atoms with Gasteiger partial charge in [-0.3, -0.25) is 4.90 Å². The maximum Gasteiger partial charge on any atom is 0.410 e. The van der Waals surface area contributed by atoms with Crippen LogP contribution in [0.2, 0.25) is 0 Å². The fourth-order valence-corrected chi connectivity index (χ4v) is 5.63. The lowest BCUT2D eigenvalue weighted by Crippen LogP contribution is -2.45. The van der Waals surface area contributed by atoms with Crippen molar-refractivity contribution in [1.29, 1.82) is 0 Å². The van der Waals surface area contributed by atoms with Gasteiger partial charge in [0.05, 0.1) is 25.3 Å². The molecule has 0 bridgehead atoms. The van der Waals surface area contributed by atoms with Crippen molar-refractivity contribution < 1.29 is 23.8 Å². The molecule has 1 aliphatic rings. The van der Waals surface area contributed by atoms with Crippen molar-refractivity contribution in [2.24, 2.45) is 0 Å². The number of carbonyl (C=O) groups is 2. The van der Waals surface area contributed by atoms with Crippen molar-refractivity contribution in [3.8, 4) is 5.75 Å². The normalized spacial score (nSPS) is 17.2. The van der Waals surface area contributed by atoms with Gasteiger partial charge in [-0.05, 0) is 74.2 Å². The predicted octanol–water partition coefficient (Wildman–Crippen LogP) is 7.91. The molecule has 6 heteroatoms. The fourth-order valence-electron chi connectivity index (χ4n) is 5.63. The Morgan fingerprint density at radius 2 is 1.66 bits per heavy atom. The summed E-state index contributed by atoms with van der Waals surface area (Å²) < 4.78 is 17.4. The summed E-state index contributed by atoms with van der Waals surface area (Å²) in [5.41, 5.74) is 2.96. The van der Waals surface area contributed by atoms with E-state index in [2.05, 4.69) is 30.3 Å². The van der Waals surface area contributed by atoms with E-state index in [-0.39, 0.29) is 30.1 Å². The van der Waals surface area contributed by atoms with Gasteiger partial charge in [0, 0.05) is 11.5 Å². The van der Waals surface area contributed by atoms with Gasteiger partial charge in [-0.1, -0.05) is 72.8 Å². The lowest BCUT2D eigenvalue weighted by molar-refractivity contribution is 0.00569.